The lowest BCUT2D eigenvalue weighted by atomic mass is 9.85. The summed E-state index contributed by atoms with van der Waals surface area (Å²) in [5.74, 6) is 2.68. The van der Waals surface area contributed by atoms with Crippen LogP contribution in [0.25, 0.3) is 0 Å². The van der Waals surface area contributed by atoms with E-state index in [0.29, 0.717) is 17.9 Å². The largest absolute Gasteiger partial charge is 0.454 e. The zero-order valence-corrected chi connectivity index (χ0v) is 15.4. The van der Waals surface area contributed by atoms with Crippen molar-refractivity contribution in [3.63, 3.8) is 0 Å². The number of carbonyl (C=O) groups excluding carboxylic acids is 1. The van der Waals surface area contributed by atoms with E-state index in [1.165, 1.54) is 0 Å². The third-order valence-corrected chi connectivity index (χ3v) is 5.59. The molecular weight excluding hydrogens is 346 g/mol. The first-order valence-electron chi connectivity index (χ1n) is 9.18. The summed E-state index contributed by atoms with van der Waals surface area (Å²) in [7, 11) is 2.08. The topological polar surface area (TPSA) is 57.2 Å². The predicted molar refractivity (Wildman–Crippen MR) is 97.9 cm³/mol. The van der Waals surface area contributed by atoms with Crippen LogP contribution in [-0.2, 0) is 13.0 Å². The van der Waals surface area contributed by atoms with Crippen LogP contribution in [0.5, 0.6) is 23.0 Å². The molecule has 0 N–H and O–H groups in total. The summed E-state index contributed by atoms with van der Waals surface area (Å²) in [6, 6.07) is 7.69. The number of fused-ring (bicyclic) bond motifs is 5. The zero-order chi connectivity index (χ0) is 18.5. The van der Waals surface area contributed by atoms with Crippen LogP contribution in [0.1, 0.15) is 39.9 Å². The van der Waals surface area contributed by atoms with E-state index >= 15 is 0 Å². The summed E-state index contributed by atoms with van der Waals surface area (Å²) in [4.78, 5) is 15.7. The van der Waals surface area contributed by atoms with Crippen LogP contribution in [0.4, 0.5) is 0 Å². The molecule has 27 heavy (non-hydrogen) atoms. The van der Waals surface area contributed by atoms with Gasteiger partial charge >= 0.3 is 0 Å². The maximum absolute atomic E-state index is 13.4. The molecule has 0 saturated heterocycles. The van der Waals surface area contributed by atoms with E-state index in [9.17, 15) is 4.79 Å². The molecule has 2 aromatic carbocycles. The number of hydrogen-bond donors (Lipinski definition) is 0. The molecular formula is C21H21NO5. The van der Waals surface area contributed by atoms with E-state index in [0.717, 1.165) is 46.9 Å². The van der Waals surface area contributed by atoms with E-state index in [1.807, 2.05) is 31.2 Å². The fraction of sp³-hybridized carbons (Fsp3) is 0.381. The minimum Gasteiger partial charge on any atom is -0.454 e. The first-order chi connectivity index (χ1) is 13.1. The molecule has 0 spiro atoms. The monoisotopic (exact) mass is 367 g/mol. The van der Waals surface area contributed by atoms with Crippen molar-refractivity contribution in [3.05, 3.63) is 46.5 Å². The summed E-state index contributed by atoms with van der Waals surface area (Å²) in [6.45, 7) is 3.91. The van der Waals surface area contributed by atoms with E-state index in [-0.39, 0.29) is 25.3 Å². The van der Waals surface area contributed by atoms with Crippen LogP contribution in [0.15, 0.2) is 24.3 Å². The van der Waals surface area contributed by atoms with Gasteiger partial charge in [0.15, 0.2) is 28.8 Å². The van der Waals surface area contributed by atoms with Gasteiger partial charge in [-0.05, 0) is 42.8 Å². The zero-order valence-electron chi connectivity index (χ0n) is 15.4. The molecule has 6 nitrogen and oxygen atoms in total. The van der Waals surface area contributed by atoms with Gasteiger partial charge in [-0.15, -0.1) is 0 Å². The SMILES string of the molecule is C[C@@H]1C(=O)c2cc3c(cc2CCN(C)Cc2c1ccc1c2OCO1)OCO3. The number of ketones is 1. The van der Waals surface area contributed by atoms with E-state index in [1.54, 1.807) is 0 Å². The first-order valence-corrected chi connectivity index (χ1v) is 9.18. The summed E-state index contributed by atoms with van der Waals surface area (Å²) in [5, 5.41) is 0. The standard InChI is InChI=1S/C21H21NO5/c1-12-14-3-4-17-21(27-11-24-17)16(14)9-22(2)6-5-13-7-18-19(26-10-25-18)8-15(13)20(12)23/h3-4,7-8,12H,5-6,9-11H2,1-2H3/t12-/m0/s1. The molecule has 3 aliphatic heterocycles. The van der Waals surface area contributed by atoms with Crippen LogP contribution in [0, 0.1) is 0 Å². The Bertz CT molecular complexity index is 939. The number of benzene rings is 2. The Kier molecular flexibility index (Phi) is 3.75. The van der Waals surface area contributed by atoms with Gasteiger partial charge in [-0.3, -0.25) is 4.79 Å². The van der Waals surface area contributed by atoms with Crippen molar-refractivity contribution in [2.75, 3.05) is 27.2 Å². The predicted octanol–water partition coefficient (Wildman–Crippen LogP) is 3.12. The van der Waals surface area contributed by atoms with Gasteiger partial charge in [0.1, 0.15) is 0 Å². The highest BCUT2D eigenvalue weighted by Crippen LogP contribution is 2.42. The highest BCUT2D eigenvalue weighted by atomic mass is 16.7. The maximum atomic E-state index is 13.4. The Labute approximate surface area is 157 Å². The lowest BCUT2D eigenvalue weighted by Crippen LogP contribution is -2.25. The molecule has 5 rings (SSSR count). The fourth-order valence-electron chi connectivity index (χ4n) is 4.07. The van der Waals surface area contributed by atoms with Gasteiger partial charge in [-0.25, -0.2) is 0 Å². The van der Waals surface area contributed by atoms with E-state index in [2.05, 4.69) is 11.9 Å². The van der Waals surface area contributed by atoms with Crippen LogP contribution >= 0.6 is 0 Å². The number of nitrogens with zero attached hydrogens (tertiary/aromatic N) is 1. The quantitative estimate of drug-likeness (QED) is 0.713. The molecule has 140 valence electrons. The highest BCUT2D eigenvalue weighted by molar-refractivity contribution is 6.03. The molecule has 1 atom stereocenters. The lowest BCUT2D eigenvalue weighted by Gasteiger charge is -2.25. The van der Waals surface area contributed by atoms with Gasteiger partial charge in [0.2, 0.25) is 13.6 Å². The van der Waals surface area contributed by atoms with Crippen LogP contribution in [-0.4, -0.2) is 37.9 Å². The summed E-state index contributed by atoms with van der Waals surface area (Å²) in [5.41, 5.74) is 3.75. The summed E-state index contributed by atoms with van der Waals surface area (Å²) < 4.78 is 22.3. The molecule has 2 aromatic rings. The average Bonchev–Trinajstić information content (AvgIpc) is 3.32. The second kappa shape index (κ2) is 6.16. The molecule has 3 aliphatic rings. The fourth-order valence-corrected chi connectivity index (χ4v) is 4.07. The Morgan fingerprint density at radius 2 is 1.74 bits per heavy atom. The smallest absolute Gasteiger partial charge is 0.231 e. The van der Waals surface area contributed by atoms with Crippen molar-refractivity contribution >= 4 is 5.78 Å². The maximum Gasteiger partial charge on any atom is 0.231 e. The van der Waals surface area contributed by atoms with Gasteiger partial charge in [-0.1, -0.05) is 13.0 Å². The molecule has 0 amide bonds. The number of Topliss-reactive ketones (excluding diaryl/α,β-unsaturated/α-hetero) is 1. The van der Waals surface area contributed by atoms with Crippen LogP contribution in [0.2, 0.25) is 0 Å². The highest BCUT2D eigenvalue weighted by Gasteiger charge is 2.30. The van der Waals surface area contributed by atoms with Gasteiger partial charge < -0.3 is 23.8 Å². The number of hydrogen-bond acceptors (Lipinski definition) is 6. The van der Waals surface area contributed by atoms with Gasteiger partial charge in [0.25, 0.3) is 0 Å². The minimum atomic E-state index is -0.292. The molecule has 0 saturated carbocycles. The van der Waals surface area contributed by atoms with Crippen LogP contribution < -0.4 is 18.9 Å². The van der Waals surface area contributed by atoms with Crippen molar-refractivity contribution in [2.24, 2.45) is 0 Å². The molecule has 6 heteroatoms. The lowest BCUT2D eigenvalue weighted by molar-refractivity contribution is 0.0963. The van der Waals surface area contributed by atoms with Gasteiger partial charge in [0, 0.05) is 30.1 Å². The van der Waals surface area contributed by atoms with Gasteiger partial charge in [0.05, 0.1) is 0 Å². The Balaban J connectivity index is 1.65. The molecule has 3 heterocycles. The minimum absolute atomic E-state index is 0.0907. The third-order valence-electron chi connectivity index (χ3n) is 5.59. The Hall–Kier alpha value is -2.73. The van der Waals surface area contributed by atoms with Crippen molar-refractivity contribution in [1.29, 1.82) is 0 Å². The molecule has 0 unspecified atom stereocenters. The molecule has 0 bridgehead atoms. The average molecular weight is 367 g/mol. The van der Waals surface area contributed by atoms with Crippen molar-refractivity contribution < 1.29 is 23.7 Å². The third kappa shape index (κ3) is 2.63. The van der Waals surface area contributed by atoms with E-state index < -0.39 is 0 Å². The number of likely N-dealkylation sites (N-methyl/N-ethyl adjacent to an activating group) is 1. The number of carbonyl (C=O) groups is 1. The van der Waals surface area contributed by atoms with Gasteiger partial charge in [-0.2, -0.15) is 0 Å². The molecule has 0 radical (unpaired) electrons. The van der Waals surface area contributed by atoms with Crippen molar-refractivity contribution in [3.8, 4) is 23.0 Å². The van der Waals surface area contributed by atoms with Crippen molar-refractivity contribution in [1.82, 2.24) is 4.90 Å². The molecule has 0 aromatic heterocycles. The summed E-state index contributed by atoms with van der Waals surface area (Å²) in [6.07, 6.45) is 0.767. The van der Waals surface area contributed by atoms with Crippen LogP contribution in [0.3, 0.4) is 0 Å². The number of ether oxygens (including phenoxy) is 4. The van der Waals surface area contributed by atoms with E-state index in [4.69, 9.17) is 18.9 Å². The summed E-state index contributed by atoms with van der Waals surface area (Å²) >= 11 is 0. The normalized spacial score (nSPS) is 21.0. The second-order valence-corrected chi connectivity index (χ2v) is 7.30. The Morgan fingerprint density at radius 1 is 1.00 bits per heavy atom. The second-order valence-electron chi connectivity index (χ2n) is 7.30. The Morgan fingerprint density at radius 3 is 2.59 bits per heavy atom. The molecule has 0 fully saturated rings. The van der Waals surface area contributed by atoms with Crippen molar-refractivity contribution in [2.45, 2.75) is 25.8 Å². The first kappa shape index (κ1) is 16.4. The number of rotatable bonds is 0. The molecule has 0 aliphatic carbocycles.